The summed E-state index contributed by atoms with van der Waals surface area (Å²) < 4.78 is 15.0. The maximum absolute atomic E-state index is 13.0. The lowest BCUT2D eigenvalue weighted by atomic mass is 10.0. The molecule has 2 heterocycles. The van der Waals surface area contributed by atoms with Crippen LogP contribution in [0.4, 0.5) is 0 Å². The molecule has 0 amide bonds. The Morgan fingerprint density at radius 2 is 1.81 bits per heavy atom. The van der Waals surface area contributed by atoms with Crippen molar-refractivity contribution >= 4 is 32.8 Å². The van der Waals surface area contributed by atoms with Gasteiger partial charge in [-0.15, -0.1) is 0 Å². The van der Waals surface area contributed by atoms with Crippen LogP contribution in [-0.2, 0) is 21.9 Å². The number of ether oxygens (including phenoxy) is 2. The largest absolute Gasteiger partial charge is 0.463 e. The number of aromatic nitrogens is 1. The molecule has 0 aliphatic carbocycles. The molecule has 0 spiro atoms. The van der Waals surface area contributed by atoms with E-state index in [4.69, 9.17) is 9.47 Å². The fraction of sp³-hybridized carbons (Fsp3) is 0.115. The Labute approximate surface area is 188 Å². The molecule has 4 aromatic rings. The molecule has 5 rings (SSSR count). The Hall–Kier alpha value is -3.31. The normalized spacial score (nSPS) is 16.8. The first-order valence-electron chi connectivity index (χ1n) is 9.98. The van der Waals surface area contributed by atoms with Gasteiger partial charge in [-0.05, 0) is 35.9 Å². The van der Waals surface area contributed by atoms with Gasteiger partial charge in [-0.2, -0.15) is 0 Å². The second kappa shape index (κ2) is 7.43. The molecule has 1 aliphatic rings. The van der Waals surface area contributed by atoms with Crippen molar-refractivity contribution in [3.63, 3.8) is 0 Å². The van der Waals surface area contributed by atoms with Gasteiger partial charge in [0.15, 0.2) is 0 Å². The molecule has 0 N–H and O–H groups in total. The van der Waals surface area contributed by atoms with E-state index in [1.165, 1.54) is 0 Å². The molecule has 5 heteroatoms. The number of benzene rings is 3. The predicted octanol–water partition coefficient (Wildman–Crippen LogP) is 6.44. The second-order valence-electron chi connectivity index (χ2n) is 7.69. The predicted molar refractivity (Wildman–Crippen MR) is 125 cm³/mol. The van der Waals surface area contributed by atoms with Gasteiger partial charge < -0.3 is 9.47 Å². The summed E-state index contributed by atoms with van der Waals surface area (Å²) in [6.07, 6.45) is 0. The average molecular weight is 474 g/mol. The highest BCUT2D eigenvalue weighted by Gasteiger charge is 2.43. The van der Waals surface area contributed by atoms with Crippen molar-refractivity contribution in [3.05, 3.63) is 101 Å². The standard InChI is InChI=1S/C26H20BrNO3/c1-17(25(29)30-16-18-8-4-3-5-9-18)26(2)28-22-15-20(27)13-12-19(22)14-23(28)21-10-6-7-11-24(21)31-26/h3-15H,1,16H2,2H3. The van der Waals surface area contributed by atoms with Gasteiger partial charge in [0.25, 0.3) is 0 Å². The number of carbonyl (C=O) groups is 1. The number of esters is 1. The van der Waals surface area contributed by atoms with Gasteiger partial charge in [0.1, 0.15) is 12.4 Å². The van der Waals surface area contributed by atoms with E-state index in [-0.39, 0.29) is 12.2 Å². The van der Waals surface area contributed by atoms with Gasteiger partial charge in [0.05, 0.1) is 16.8 Å². The molecule has 0 fully saturated rings. The molecular weight excluding hydrogens is 454 g/mol. The Balaban J connectivity index is 1.59. The second-order valence-corrected chi connectivity index (χ2v) is 8.61. The van der Waals surface area contributed by atoms with Crippen molar-refractivity contribution in [1.82, 2.24) is 4.57 Å². The van der Waals surface area contributed by atoms with Crippen molar-refractivity contribution < 1.29 is 14.3 Å². The van der Waals surface area contributed by atoms with Crippen molar-refractivity contribution in [3.8, 4) is 17.0 Å². The number of halogens is 1. The van der Waals surface area contributed by atoms with Crippen LogP contribution in [0, 0.1) is 0 Å². The first-order chi connectivity index (χ1) is 15.0. The third-order valence-corrected chi connectivity index (χ3v) is 6.18. The lowest BCUT2D eigenvalue weighted by Gasteiger charge is -2.39. The molecule has 1 aromatic heterocycles. The number of hydrogen-bond acceptors (Lipinski definition) is 3. The summed E-state index contributed by atoms with van der Waals surface area (Å²) >= 11 is 3.56. The van der Waals surface area contributed by atoms with Crippen LogP contribution in [-0.4, -0.2) is 10.5 Å². The van der Waals surface area contributed by atoms with Gasteiger partial charge in [0.2, 0.25) is 5.72 Å². The van der Waals surface area contributed by atoms with E-state index in [0.29, 0.717) is 5.75 Å². The minimum absolute atomic E-state index is 0.177. The number of nitrogens with zero attached hydrogens (tertiary/aromatic N) is 1. The van der Waals surface area contributed by atoms with Crippen LogP contribution >= 0.6 is 15.9 Å². The van der Waals surface area contributed by atoms with E-state index in [1.54, 1.807) is 0 Å². The van der Waals surface area contributed by atoms with Gasteiger partial charge in [-0.3, -0.25) is 4.57 Å². The molecule has 1 unspecified atom stereocenters. The fourth-order valence-electron chi connectivity index (χ4n) is 4.06. The number of fused-ring (bicyclic) bond motifs is 5. The molecule has 0 radical (unpaired) electrons. The van der Waals surface area contributed by atoms with Gasteiger partial charge in [-0.25, -0.2) is 4.79 Å². The van der Waals surface area contributed by atoms with Crippen LogP contribution in [0.15, 0.2) is 95.5 Å². The van der Waals surface area contributed by atoms with Crippen molar-refractivity contribution in [1.29, 1.82) is 0 Å². The number of para-hydroxylation sites is 1. The summed E-state index contributed by atoms with van der Waals surface area (Å²) in [5, 5.41) is 1.05. The Morgan fingerprint density at radius 1 is 1.06 bits per heavy atom. The van der Waals surface area contributed by atoms with Crippen LogP contribution < -0.4 is 4.74 Å². The van der Waals surface area contributed by atoms with Gasteiger partial charge >= 0.3 is 5.97 Å². The minimum Gasteiger partial charge on any atom is -0.463 e. The fourth-order valence-corrected chi connectivity index (χ4v) is 4.40. The van der Waals surface area contributed by atoms with Crippen LogP contribution in [0.2, 0.25) is 0 Å². The Kier molecular flexibility index (Phi) is 4.71. The number of hydrogen-bond donors (Lipinski definition) is 0. The summed E-state index contributed by atoms with van der Waals surface area (Å²) in [7, 11) is 0. The van der Waals surface area contributed by atoms with Crippen LogP contribution in [0.3, 0.4) is 0 Å². The smallest absolute Gasteiger partial charge is 0.339 e. The third-order valence-electron chi connectivity index (χ3n) is 5.68. The molecule has 0 bridgehead atoms. The third kappa shape index (κ3) is 3.26. The summed E-state index contributed by atoms with van der Waals surface area (Å²) in [4.78, 5) is 13.0. The molecule has 1 aliphatic heterocycles. The lowest BCUT2D eigenvalue weighted by Crippen LogP contribution is -2.43. The Bertz CT molecular complexity index is 1330. The molecule has 0 saturated carbocycles. The Morgan fingerprint density at radius 3 is 2.61 bits per heavy atom. The summed E-state index contributed by atoms with van der Waals surface area (Å²) in [5.74, 6) is 0.213. The summed E-state index contributed by atoms with van der Waals surface area (Å²) in [6, 6.07) is 25.6. The van der Waals surface area contributed by atoms with Crippen LogP contribution in [0.5, 0.6) is 5.75 Å². The highest BCUT2D eigenvalue weighted by molar-refractivity contribution is 9.10. The van der Waals surface area contributed by atoms with Crippen LogP contribution in [0.1, 0.15) is 12.5 Å². The molecule has 3 aromatic carbocycles. The minimum atomic E-state index is -1.14. The van der Waals surface area contributed by atoms with E-state index < -0.39 is 11.7 Å². The lowest BCUT2D eigenvalue weighted by molar-refractivity contribution is -0.143. The van der Waals surface area contributed by atoms with Crippen molar-refractivity contribution in [2.45, 2.75) is 19.3 Å². The SMILES string of the molecule is C=C(C(=O)OCc1ccccc1)C1(C)Oc2ccccc2-c2cc3ccc(Br)cc3n21. The molecule has 4 nitrogen and oxygen atoms in total. The zero-order valence-corrected chi connectivity index (χ0v) is 18.6. The highest BCUT2D eigenvalue weighted by Crippen LogP contribution is 2.47. The quantitative estimate of drug-likeness (QED) is 0.253. The van der Waals surface area contributed by atoms with Crippen molar-refractivity contribution in [2.24, 2.45) is 0 Å². The van der Waals surface area contributed by atoms with E-state index in [0.717, 1.165) is 32.2 Å². The van der Waals surface area contributed by atoms with E-state index in [9.17, 15) is 4.79 Å². The molecule has 0 saturated heterocycles. The molecule has 154 valence electrons. The first-order valence-corrected chi connectivity index (χ1v) is 10.8. The van der Waals surface area contributed by atoms with Crippen molar-refractivity contribution in [2.75, 3.05) is 0 Å². The molecule has 31 heavy (non-hydrogen) atoms. The van der Waals surface area contributed by atoms with E-state index >= 15 is 0 Å². The maximum Gasteiger partial charge on any atom is 0.339 e. The summed E-state index contributed by atoms with van der Waals surface area (Å²) in [5.41, 5.74) is 2.89. The molecule has 1 atom stereocenters. The van der Waals surface area contributed by atoms with Crippen LogP contribution in [0.25, 0.3) is 22.2 Å². The van der Waals surface area contributed by atoms with Gasteiger partial charge in [0, 0.05) is 22.3 Å². The van der Waals surface area contributed by atoms with E-state index in [1.807, 2.05) is 84.3 Å². The number of carbonyl (C=O) groups excluding carboxylic acids is 1. The first kappa shape index (κ1) is 19.6. The maximum atomic E-state index is 13.0. The number of rotatable bonds is 4. The zero-order valence-electron chi connectivity index (χ0n) is 17.0. The zero-order chi connectivity index (χ0) is 21.6. The average Bonchev–Trinajstić information content (AvgIpc) is 3.17. The summed E-state index contributed by atoms with van der Waals surface area (Å²) in [6.45, 7) is 6.15. The molecular formula is C26H20BrNO3. The topological polar surface area (TPSA) is 40.5 Å². The monoisotopic (exact) mass is 473 g/mol. The highest BCUT2D eigenvalue weighted by atomic mass is 79.9. The van der Waals surface area contributed by atoms with Gasteiger partial charge in [-0.1, -0.05) is 71.0 Å². The van der Waals surface area contributed by atoms with E-state index in [2.05, 4.69) is 28.6 Å².